The van der Waals surface area contributed by atoms with Gasteiger partial charge < -0.3 is 9.84 Å². The molecule has 0 spiro atoms. The van der Waals surface area contributed by atoms with Crippen LogP contribution in [-0.4, -0.2) is 48.0 Å². The third kappa shape index (κ3) is 2.84. The Morgan fingerprint density at radius 1 is 1.11 bits per heavy atom. The quantitative estimate of drug-likeness (QED) is 0.834. The summed E-state index contributed by atoms with van der Waals surface area (Å²) in [5.41, 5.74) is -0.329. The third-order valence-corrected chi connectivity index (χ3v) is 5.91. The maximum absolute atomic E-state index is 10.8. The van der Waals surface area contributed by atoms with E-state index in [-0.39, 0.29) is 5.60 Å². The molecule has 0 aromatic rings. The zero-order valence-electron chi connectivity index (χ0n) is 12.3. The highest BCUT2D eigenvalue weighted by atomic mass is 16.5. The van der Waals surface area contributed by atoms with Gasteiger partial charge in [-0.2, -0.15) is 0 Å². The summed E-state index contributed by atoms with van der Waals surface area (Å²) in [5.74, 6) is 0.526. The maximum atomic E-state index is 10.8. The molecule has 3 heteroatoms. The van der Waals surface area contributed by atoms with Crippen LogP contribution in [0.3, 0.4) is 0 Å². The number of likely N-dealkylation sites (tertiary alicyclic amines) is 1. The first kappa shape index (κ1) is 13.8. The molecule has 2 aliphatic carbocycles. The van der Waals surface area contributed by atoms with Crippen molar-refractivity contribution in [3.05, 3.63) is 0 Å². The van der Waals surface area contributed by atoms with Crippen molar-refractivity contribution >= 4 is 0 Å². The van der Waals surface area contributed by atoms with Gasteiger partial charge in [0.15, 0.2) is 0 Å². The topological polar surface area (TPSA) is 32.7 Å². The normalized spacial score (nSPS) is 44.8. The van der Waals surface area contributed by atoms with Crippen molar-refractivity contribution in [3.63, 3.8) is 0 Å². The molecule has 0 amide bonds. The standard InChI is InChI=1S/C16H29NO2/c1-19-15-7-4-6-14(11-15)17-10-9-16(18)8-3-2-5-13(16)12-17/h13-15,18H,2-12H2,1H3. The van der Waals surface area contributed by atoms with Gasteiger partial charge in [0, 0.05) is 32.2 Å². The number of ether oxygens (including phenoxy) is 1. The smallest absolute Gasteiger partial charge is 0.0700 e. The maximum Gasteiger partial charge on any atom is 0.0700 e. The average molecular weight is 267 g/mol. The largest absolute Gasteiger partial charge is 0.390 e. The molecular formula is C16H29NO2. The molecule has 19 heavy (non-hydrogen) atoms. The lowest BCUT2D eigenvalue weighted by molar-refractivity contribution is -0.108. The van der Waals surface area contributed by atoms with E-state index in [2.05, 4.69) is 4.90 Å². The summed E-state index contributed by atoms with van der Waals surface area (Å²) in [5, 5.41) is 10.8. The van der Waals surface area contributed by atoms with Crippen LogP contribution in [0.1, 0.15) is 57.8 Å². The first-order chi connectivity index (χ1) is 9.21. The number of piperidine rings is 1. The molecule has 0 radical (unpaired) electrons. The van der Waals surface area contributed by atoms with E-state index >= 15 is 0 Å². The molecule has 1 aliphatic heterocycles. The van der Waals surface area contributed by atoms with Gasteiger partial charge in [0.2, 0.25) is 0 Å². The number of rotatable bonds is 2. The summed E-state index contributed by atoms with van der Waals surface area (Å²) < 4.78 is 5.56. The fraction of sp³-hybridized carbons (Fsp3) is 1.00. The van der Waals surface area contributed by atoms with E-state index in [1.54, 1.807) is 0 Å². The van der Waals surface area contributed by atoms with E-state index in [4.69, 9.17) is 4.74 Å². The molecule has 1 saturated heterocycles. The van der Waals surface area contributed by atoms with E-state index in [0.717, 1.165) is 25.9 Å². The number of methoxy groups -OCH3 is 1. The second-order valence-electron chi connectivity index (χ2n) is 6.97. The van der Waals surface area contributed by atoms with Gasteiger partial charge in [-0.15, -0.1) is 0 Å². The van der Waals surface area contributed by atoms with Crippen molar-refractivity contribution in [2.45, 2.75) is 75.5 Å². The fourth-order valence-electron chi connectivity index (χ4n) is 4.59. The highest BCUT2D eigenvalue weighted by molar-refractivity contribution is 4.97. The molecule has 1 N–H and O–H groups in total. The first-order valence-corrected chi connectivity index (χ1v) is 8.20. The second-order valence-corrected chi connectivity index (χ2v) is 6.97. The summed E-state index contributed by atoms with van der Waals surface area (Å²) in [6, 6.07) is 0.699. The highest BCUT2D eigenvalue weighted by Gasteiger charge is 2.44. The first-order valence-electron chi connectivity index (χ1n) is 8.20. The van der Waals surface area contributed by atoms with Crippen LogP contribution in [0.25, 0.3) is 0 Å². The minimum Gasteiger partial charge on any atom is -0.390 e. The zero-order valence-corrected chi connectivity index (χ0v) is 12.3. The van der Waals surface area contributed by atoms with Crippen LogP contribution in [0.4, 0.5) is 0 Å². The molecule has 3 nitrogen and oxygen atoms in total. The van der Waals surface area contributed by atoms with Gasteiger partial charge in [-0.3, -0.25) is 4.90 Å². The molecule has 0 bridgehead atoms. The van der Waals surface area contributed by atoms with Gasteiger partial charge in [-0.25, -0.2) is 0 Å². The molecule has 0 aromatic heterocycles. The Labute approximate surface area is 117 Å². The number of fused-ring (bicyclic) bond motifs is 1. The molecule has 4 atom stereocenters. The number of nitrogens with zero attached hydrogens (tertiary/aromatic N) is 1. The Balaban J connectivity index is 1.61. The predicted molar refractivity (Wildman–Crippen MR) is 76.2 cm³/mol. The van der Waals surface area contributed by atoms with Gasteiger partial charge in [-0.05, 0) is 44.9 Å². The summed E-state index contributed by atoms with van der Waals surface area (Å²) in [6.07, 6.45) is 11.3. The van der Waals surface area contributed by atoms with Crippen LogP contribution >= 0.6 is 0 Å². The van der Waals surface area contributed by atoms with Crippen LogP contribution in [0, 0.1) is 5.92 Å². The lowest BCUT2D eigenvalue weighted by Crippen LogP contribution is -2.56. The van der Waals surface area contributed by atoms with Crippen LogP contribution < -0.4 is 0 Å². The second kappa shape index (κ2) is 5.71. The van der Waals surface area contributed by atoms with E-state index in [1.807, 2.05) is 7.11 Å². The zero-order chi connectivity index (χ0) is 13.3. The van der Waals surface area contributed by atoms with Gasteiger partial charge in [0.05, 0.1) is 11.7 Å². The lowest BCUT2D eigenvalue weighted by Gasteiger charge is -2.50. The van der Waals surface area contributed by atoms with Crippen molar-refractivity contribution in [3.8, 4) is 0 Å². The highest BCUT2D eigenvalue weighted by Crippen LogP contribution is 2.41. The van der Waals surface area contributed by atoms with E-state index in [1.165, 1.54) is 44.9 Å². The predicted octanol–water partition coefficient (Wildman–Crippen LogP) is 2.57. The Hall–Kier alpha value is -0.120. The Kier molecular flexibility index (Phi) is 4.16. The average Bonchev–Trinajstić information content (AvgIpc) is 2.46. The lowest BCUT2D eigenvalue weighted by atomic mass is 9.70. The summed E-state index contributed by atoms with van der Waals surface area (Å²) in [6.45, 7) is 2.21. The van der Waals surface area contributed by atoms with Crippen LogP contribution in [0.5, 0.6) is 0 Å². The summed E-state index contributed by atoms with van der Waals surface area (Å²) in [4.78, 5) is 2.66. The van der Waals surface area contributed by atoms with Crippen LogP contribution in [0.15, 0.2) is 0 Å². The van der Waals surface area contributed by atoms with E-state index < -0.39 is 0 Å². The van der Waals surface area contributed by atoms with Crippen LogP contribution in [0.2, 0.25) is 0 Å². The van der Waals surface area contributed by atoms with Crippen molar-refractivity contribution in [1.82, 2.24) is 4.90 Å². The Morgan fingerprint density at radius 2 is 2.00 bits per heavy atom. The minimum atomic E-state index is -0.329. The molecule has 3 fully saturated rings. The molecule has 3 rings (SSSR count). The van der Waals surface area contributed by atoms with Gasteiger partial charge in [-0.1, -0.05) is 12.8 Å². The molecule has 4 unspecified atom stereocenters. The molecular weight excluding hydrogens is 238 g/mol. The van der Waals surface area contributed by atoms with Gasteiger partial charge >= 0.3 is 0 Å². The van der Waals surface area contributed by atoms with Gasteiger partial charge in [0.1, 0.15) is 0 Å². The van der Waals surface area contributed by atoms with E-state index in [0.29, 0.717) is 18.1 Å². The van der Waals surface area contributed by atoms with Crippen molar-refractivity contribution in [1.29, 1.82) is 0 Å². The van der Waals surface area contributed by atoms with Gasteiger partial charge in [0.25, 0.3) is 0 Å². The molecule has 3 aliphatic rings. The number of hydrogen-bond acceptors (Lipinski definition) is 3. The number of hydrogen-bond donors (Lipinski definition) is 1. The number of aliphatic hydroxyl groups is 1. The third-order valence-electron chi connectivity index (χ3n) is 5.91. The molecule has 1 heterocycles. The van der Waals surface area contributed by atoms with Crippen LogP contribution in [-0.2, 0) is 4.74 Å². The summed E-state index contributed by atoms with van der Waals surface area (Å²) in [7, 11) is 1.85. The summed E-state index contributed by atoms with van der Waals surface area (Å²) >= 11 is 0. The Morgan fingerprint density at radius 3 is 2.84 bits per heavy atom. The monoisotopic (exact) mass is 267 g/mol. The van der Waals surface area contributed by atoms with E-state index in [9.17, 15) is 5.11 Å². The fourth-order valence-corrected chi connectivity index (χ4v) is 4.59. The van der Waals surface area contributed by atoms with Crippen molar-refractivity contribution < 1.29 is 9.84 Å². The molecule has 0 aromatic carbocycles. The minimum absolute atomic E-state index is 0.329. The molecule has 110 valence electrons. The van der Waals surface area contributed by atoms with Crippen molar-refractivity contribution in [2.75, 3.05) is 20.2 Å². The van der Waals surface area contributed by atoms with Crippen molar-refractivity contribution in [2.24, 2.45) is 5.92 Å². The SMILES string of the molecule is COC1CCCC(N2CCC3(O)CCCCC3C2)C1. The molecule has 2 saturated carbocycles. The Bertz CT molecular complexity index is 309.